The molecule has 17 heavy (non-hydrogen) atoms. The maximum atomic E-state index is 11.3. The van der Waals surface area contributed by atoms with Gasteiger partial charge in [0.15, 0.2) is 0 Å². The number of carbonyl (C=O) groups excluding carboxylic acids is 1. The van der Waals surface area contributed by atoms with E-state index in [2.05, 4.69) is 0 Å². The standard InChI is InChI=1S/C14H18O2S/c1-16-13-6-4-11(5-7-13)14(9-15)12-3-2-8-17-10-12/h4-7,9,12,14H,2-3,8,10H2,1H3. The van der Waals surface area contributed by atoms with Gasteiger partial charge in [0.05, 0.1) is 7.11 Å². The van der Waals surface area contributed by atoms with Gasteiger partial charge >= 0.3 is 0 Å². The summed E-state index contributed by atoms with van der Waals surface area (Å²) in [5, 5.41) is 0. The Kier molecular flexibility index (Phi) is 4.49. The summed E-state index contributed by atoms with van der Waals surface area (Å²) in [6.45, 7) is 0. The molecule has 0 amide bonds. The third-order valence-electron chi connectivity index (χ3n) is 3.35. The lowest BCUT2D eigenvalue weighted by molar-refractivity contribution is -0.110. The summed E-state index contributed by atoms with van der Waals surface area (Å²) in [5.74, 6) is 3.74. The van der Waals surface area contributed by atoms with Crippen molar-refractivity contribution in [1.29, 1.82) is 0 Å². The van der Waals surface area contributed by atoms with Crippen molar-refractivity contribution in [3.63, 3.8) is 0 Å². The van der Waals surface area contributed by atoms with Crippen molar-refractivity contribution in [3.8, 4) is 5.75 Å². The Morgan fingerprint density at radius 2 is 2.18 bits per heavy atom. The average Bonchev–Trinajstić information content (AvgIpc) is 2.42. The largest absolute Gasteiger partial charge is 0.497 e. The molecule has 2 atom stereocenters. The molecule has 2 rings (SSSR count). The molecule has 0 aromatic heterocycles. The first kappa shape index (κ1) is 12.5. The number of carbonyl (C=O) groups is 1. The van der Waals surface area contributed by atoms with Crippen LogP contribution in [0.5, 0.6) is 5.75 Å². The van der Waals surface area contributed by atoms with Crippen molar-refractivity contribution in [2.45, 2.75) is 18.8 Å². The van der Waals surface area contributed by atoms with Crippen LogP contribution in [0.2, 0.25) is 0 Å². The molecule has 1 aliphatic heterocycles. The number of benzene rings is 1. The molecular weight excluding hydrogens is 232 g/mol. The SMILES string of the molecule is COc1ccc(C(C=O)C2CCCSC2)cc1. The van der Waals surface area contributed by atoms with Crippen LogP contribution < -0.4 is 4.74 Å². The van der Waals surface area contributed by atoms with Gasteiger partial charge in [0.2, 0.25) is 0 Å². The van der Waals surface area contributed by atoms with E-state index in [0.717, 1.165) is 23.4 Å². The molecule has 0 bridgehead atoms. The third kappa shape index (κ3) is 3.03. The Hall–Kier alpha value is -0.960. The lowest BCUT2D eigenvalue weighted by Crippen LogP contribution is -2.20. The van der Waals surface area contributed by atoms with Crippen LogP contribution in [0, 0.1) is 5.92 Å². The van der Waals surface area contributed by atoms with Crippen molar-refractivity contribution in [2.75, 3.05) is 18.6 Å². The Labute approximate surface area is 107 Å². The van der Waals surface area contributed by atoms with Crippen LogP contribution in [-0.2, 0) is 4.79 Å². The minimum Gasteiger partial charge on any atom is -0.497 e. The fraction of sp³-hybridized carbons (Fsp3) is 0.500. The summed E-state index contributed by atoms with van der Waals surface area (Å²) in [6.07, 6.45) is 3.51. The Morgan fingerprint density at radius 3 is 2.71 bits per heavy atom. The van der Waals surface area contributed by atoms with Crippen molar-refractivity contribution in [1.82, 2.24) is 0 Å². The van der Waals surface area contributed by atoms with E-state index in [4.69, 9.17) is 4.74 Å². The smallest absolute Gasteiger partial charge is 0.127 e. The molecule has 0 aliphatic carbocycles. The molecule has 0 saturated carbocycles. The highest BCUT2D eigenvalue weighted by Crippen LogP contribution is 2.34. The van der Waals surface area contributed by atoms with Crippen molar-refractivity contribution in [2.24, 2.45) is 5.92 Å². The van der Waals surface area contributed by atoms with E-state index in [1.807, 2.05) is 36.0 Å². The van der Waals surface area contributed by atoms with Gasteiger partial charge in [-0.05, 0) is 48.0 Å². The quantitative estimate of drug-likeness (QED) is 0.768. The second-order valence-electron chi connectivity index (χ2n) is 4.41. The maximum Gasteiger partial charge on any atom is 0.127 e. The summed E-state index contributed by atoms with van der Waals surface area (Å²) in [4.78, 5) is 11.3. The molecule has 1 fully saturated rings. The zero-order valence-corrected chi connectivity index (χ0v) is 10.9. The summed E-state index contributed by atoms with van der Waals surface area (Å²) < 4.78 is 5.14. The zero-order chi connectivity index (χ0) is 12.1. The van der Waals surface area contributed by atoms with E-state index in [-0.39, 0.29) is 5.92 Å². The molecule has 0 spiro atoms. The molecule has 1 aliphatic rings. The predicted molar refractivity (Wildman–Crippen MR) is 71.8 cm³/mol. The first-order valence-corrected chi connectivity index (χ1v) is 7.17. The molecule has 3 heteroatoms. The number of thioether (sulfide) groups is 1. The number of hydrogen-bond donors (Lipinski definition) is 0. The molecule has 1 aromatic rings. The number of rotatable bonds is 4. The number of methoxy groups -OCH3 is 1. The summed E-state index contributed by atoms with van der Waals surface area (Å²) in [6, 6.07) is 7.89. The van der Waals surface area contributed by atoms with Crippen LogP contribution in [0.4, 0.5) is 0 Å². The Morgan fingerprint density at radius 1 is 1.41 bits per heavy atom. The number of aldehydes is 1. The molecule has 2 nitrogen and oxygen atoms in total. The van der Waals surface area contributed by atoms with Gasteiger partial charge in [-0.2, -0.15) is 11.8 Å². The molecule has 2 unspecified atom stereocenters. The topological polar surface area (TPSA) is 26.3 Å². The number of hydrogen-bond acceptors (Lipinski definition) is 3. The van der Waals surface area contributed by atoms with E-state index in [9.17, 15) is 4.79 Å². The molecular formula is C14H18O2S. The maximum absolute atomic E-state index is 11.3. The van der Waals surface area contributed by atoms with E-state index < -0.39 is 0 Å². The highest BCUT2D eigenvalue weighted by Gasteiger charge is 2.24. The van der Waals surface area contributed by atoms with Crippen molar-refractivity contribution < 1.29 is 9.53 Å². The zero-order valence-electron chi connectivity index (χ0n) is 10.1. The monoisotopic (exact) mass is 250 g/mol. The Bertz CT molecular complexity index is 355. The fourth-order valence-corrected chi connectivity index (χ4v) is 3.55. The second-order valence-corrected chi connectivity index (χ2v) is 5.56. The van der Waals surface area contributed by atoms with Crippen LogP contribution in [0.25, 0.3) is 0 Å². The van der Waals surface area contributed by atoms with E-state index in [1.54, 1.807) is 7.11 Å². The average molecular weight is 250 g/mol. The minimum atomic E-state index is 0.0497. The molecule has 1 heterocycles. The van der Waals surface area contributed by atoms with E-state index >= 15 is 0 Å². The normalized spacial score (nSPS) is 21.8. The second kappa shape index (κ2) is 6.10. The van der Waals surface area contributed by atoms with Gasteiger partial charge in [0.25, 0.3) is 0 Å². The molecule has 1 saturated heterocycles. The first-order valence-electron chi connectivity index (χ1n) is 6.02. The van der Waals surface area contributed by atoms with E-state index in [0.29, 0.717) is 5.92 Å². The third-order valence-corrected chi connectivity index (χ3v) is 4.59. The van der Waals surface area contributed by atoms with Gasteiger partial charge in [-0.25, -0.2) is 0 Å². The van der Waals surface area contributed by atoms with Gasteiger partial charge in [0.1, 0.15) is 12.0 Å². The summed E-state index contributed by atoms with van der Waals surface area (Å²) >= 11 is 1.97. The lowest BCUT2D eigenvalue weighted by Gasteiger charge is -2.26. The van der Waals surface area contributed by atoms with Gasteiger partial charge < -0.3 is 9.53 Å². The summed E-state index contributed by atoms with van der Waals surface area (Å²) in [7, 11) is 1.66. The van der Waals surface area contributed by atoms with Crippen molar-refractivity contribution >= 4 is 18.0 Å². The van der Waals surface area contributed by atoms with E-state index in [1.165, 1.54) is 18.6 Å². The van der Waals surface area contributed by atoms with Crippen LogP contribution in [0.15, 0.2) is 24.3 Å². The molecule has 0 radical (unpaired) electrons. The van der Waals surface area contributed by atoms with Crippen LogP contribution in [-0.4, -0.2) is 24.9 Å². The molecule has 92 valence electrons. The highest BCUT2D eigenvalue weighted by molar-refractivity contribution is 7.99. The van der Waals surface area contributed by atoms with Crippen LogP contribution in [0.1, 0.15) is 24.3 Å². The lowest BCUT2D eigenvalue weighted by atomic mass is 9.85. The fourth-order valence-electron chi connectivity index (χ4n) is 2.34. The molecule has 1 aromatic carbocycles. The highest BCUT2D eigenvalue weighted by atomic mass is 32.2. The first-order chi connectivity index (χ1) is 8.35. The van der Waals surface area contributed by atoms with Gasteiger partial charge in [-0.1, -0.05) is 12.1 Å². The van der Waals surface area contributed by atoms with Gasteiger partial charge in [-0.3, -0.25) is 0 Å². The Balaban J connectivity index is 2.12. The molecule has 0 N–H and O–H groups in total. The van der Waals surface area contributed by atoms with Gasteiger partial charge in [0, 0.05) is 5.92 Å². The van der Waals surface area contributed by atoms with Gasteiger partial charge in [-0.15, -0.1) is 0 Å². The number of ether oxygens (including phenoxy) is 1. The van der Waals surface area contributed by atoms with Crippen molar-refractivity contribution in [3.05, 3.63) is 29.8 Å². The summed E-state index contributed by atoms with van der Waals surface area (Å²) in [5.41, 5.74) is 1.12. The predicted octanol–water partition coefficient (Wildman–Crippen LogP) is 3.12. The van der Waals surface area contributed by atoms with Crippen LogP contribution in [0.3, 0.4) is 0 Å². The van der Waals surface area contributed by atoms with Crippen LogP contribution >= 0.6 is 11.8 Å². The minimum absolute atomic E-state index is 0.0497.